The number of likely N-dealkylation sites (tertiary alicyclic amines) is 1. The van der Waals surface area contributed by atoms with Gasteiger partial charge in [-0.2, -0.15) is 5.26 Å². The first-order valence-electron chi connectivity index (χ1n) is 12.8. The zero-order valence-corrected chi connectivity index (χ0v) is 21.1. The van der Waals surface area contributed by atoms with Crippen molar-refractivity contribution in [2.45, 2.75) is 19.4 Å². The van der Waals surface area contributed by atoms with E-state index in [1.165, 1.54) is 6.07 Å². The maximum Gasteiger partial charge on any atom is 0.253 e. The zero-order valence-electron chi connectivity index (χ0n) is 21.1. The van der Waals surface area contributed by atoms with Gasteiger partial charge in [0.05, 0.1) is 37.2 Å². The van der Waals surface area contributed by atoms with E-state index in [1.54, 1.807) is 41.2 Å². The van der Waals surface area contributed by atoms with Crippen LogP contribution in [-0.4, -0.2) is 46.2 Å². The van der Waals surface area contributed by atoms with E-state index in [9.17, 15) is 10.1 Å². The van der Waals surface area contributed by atoms with Crippen LogP contribution < -0.4 is 10.3 Å². The van der Waals surface area contributed by atoms with Gasteiger partial charge in [0.15, 0.2) is 11.6 Å². The highest BCUT2D eigenvalue weighted by molar-refractivity contribution is 6.04. The minimum absolute atomic E-state index is 0.162. The van der Waals surface area contributed by atoms with Crippen LogP contribution in [0, 0.1) is 17.2 Å². The summed E-state index contributed by atoms with van der Waals surface area (Å²) < 4.78 is 13.6. The molecular formula is C30H27N5O3. The minimum Gasteiger partial charge on any atom is -0.490 e. The molecule has 0 N–H and O–H groups in total. The van der Waals surface area contributed by atoms with E-state index < -0.39 is 0 Å². The molecule has 0 amide bonds. The second kappa shape index (κ2) is 10.1. The number of aromatic nitrogens is 3. The van der Waals surface area contributed by atoms with Crippen LogP contribution in [0.25, 0.3) is 33.5 Å². The van der Waals surface area contributed by atoms with Crippen molar-refractivity contribution in [2.24, 2.45) is 5.92 Å². The Bertz CT molecular complexity index is 1710. The fraction of sp³-hybridized carbons (Fsp3) is 0.267. The molecule has 2 aromatic carbocycles. The summed E-state index contributed by atoms with van der Waals surface area (Å²) >= 11 is 0. The first-order valence-corrected chi connectivity index (χ1v) is 12.8. The number of pyridine rings is 1. The molecule has 0 spiro atoms. The van der Waals surface area contributed by atoms with Gasteiger partial charge in [0.25, 0.3) is 5.56 Å². The average Bonchev–Trinajstić information content (AvgIpc) is 3.33. The van der Waals surface area contributed by atoms with E-state index in [1.807, 2.05) is 24.3 Å². The molecule has 0 unspecified atom stereocenters. The van der Waals surface area contributed by atoms with Gasteiger partial charge in [-0.25, -0.2) is 9.97 Å². The molecule has 1 aliphatic heterocycles. The van der Waals surface area contributed by atoms with Crippen molar-refractivity contribution < 1.29 is 9.15 Å². The molecule has 190 valence electrons. The third kappa shape index (κ3) is 4.76. The normalized spacial score (nSPS) is 14.6. The van der Waals surface area contributed by atoms with Gasteiger partial charge < -0.3 is 14.1 Å². The van der Waals surface area contributed by atoms with Crippen LogP contribution in [0.5, 0.6) is 5.75 Å². The van der Waals surface area contributed by atoms with E-state index in [0.717, 1.165) is 47.8 Å². The van der Waals surface area contributed by atoms with E-state index in [4.69, 9.17) is 9.15 Å². The summed E-state index contributed by atoms with van der Waals surface area (Å²) in [6, 6.07) is 18.5. The molecule has 6 rings (SSSR count). The van der Waals surface area contributed by atoms with E-state index in [0.29, 0.717) is 47.5 Å². The minimum atomic E-state index is -0.162. The van der Waals surface area contributed by atoms with Crippen LogP contribution in [0.4, 0.5) is 0 Å². The molecule has 0 atom stereocenters. The van der Waals surface area contributed by atoms with Crippen LogP contribution in [0.15, 0.2) is 76.2 Å². The monoisotopic (exact) mass is 505 g/mol. The van der Waals surface area contributed by atoms with Crippen molar-refractivity contribution >= 4 is 22.1 Å². The standard InChI is InChI=1S/C30H27N5O3/c1-34-11-9-20(10-12-34)19-37-24-16-32-29(33-17-24)23-4-2-3-22(13-23)18-35-28(36)8-6-25-26-14-21(15-31)5-7-27(26)38-30(25)35/h2-8,13-14,16-17,20H,9-12,18-19H2,1H3. The Balaban J connectivity index is 1.22. The van der Waals surface area contributed by atoms with Crippen molar-refractivity contribution in [3.05, 3.63) is 88.5 Å². The summed E-state index contributed by atoms with van der Waals surface area (Å²) in [6.07, 6.45) is 5.74. The Morgan fingerprint density at radius 3 is 2.66 bits per heavy atom. The molecule has 0 saturated carbocycles. The van der Waals surface area contributed by atoms with Crippen molar-refractivity contribution in [3.63, 3.8) is 0 Å². The zero-order chi connectivity index (χ0) is 26.1. The summed E-state index contributed by atoms with van der Waals surface area (Å²) in [5.41, 5.74) is 3.28. The number of rotatable bonds is 6. The summed E-state index contributed by atoms with van der Waals surface area (Å²) in [5.74, 6) is 1.83. The van der Waals surface area contributed by atoms with Crippen molar-refractivity contribution in [1.29, 1.82) is 5.26 Å². The average molecular weight is 506 g/mol. The number of furan rings is 1. The number of hydrogen-bond donors (Lipinski definition) is 0. The summed E-state index contributed by atoms with van der Waals surface area (Å²) in [5, 5.41) is 10.9. The van der Waals surface area contributed by atoms with E-state index >= 15 is 0 Å². The third-order valence-corrected chi connectivity index (χ3v) is 7.22. The highest BCUT2D eigenvalue weighted by Crippen LogP contribution is 2.29. The molecule has 38 heavy (non-hydrogen) atoms. The molecule has 0 radical (unpaired) electrons. The Morgan fingerprint density at radius 1 is 1.05 bits per heavy atom. The van der Waals surface area contributed by atoms with E-state index in [-0.39, 0.29) is 5.56 Å². The fourth-order valence-corrected chi connectivity index (χ4v) is 5.00. The van der Waals surface area contributed by atoms with Crippen molar-refractivity contribution in [3.8, 4) is 23.2 Å². The lowest BCUT2D eigenvalue weighted by Crippen LogP contribution is -2.32. The van der Waals surface area contributed by atoms with Crippen molar-refractivity contribution in [1.82, 2.24) is 19.4 Å². The first-order chi connectivity index (χ1) is 18.6. The van der Waals surface area contributed by atoms with Crippen LogP contribution >= 0.6 is 0 Å². The summed E-state index contributed by atoms with van der Waals surface area (Å²) in [4.78, 5) is 24.2. The van der Waals surface area contributed by atoms with Gasteiger partial charge in [-0.3, -0.25) is 9.36 Å². The molecule has 1 aliphatic rings. The Hall–Kier alpha value is -4.48. The van der Waals surface area contributed by atoms with Gasteiger partial charge in [-0.15, -0.1) is 0 Å². The highest BCUT2D eigenvalue weighted by atomic mass is 16.5. The van der Waals surface area contributed by atoms with Crippen LogP contribution in [0.2, 0.25) is 0 Å². The molecule has 1 saturated heterocycles. The van der Waals surface area contributed by atoms with Gasteiger partial charge in [-0.05, 0) is 74.8 Å². The van der Waals surface area contributed by atoms with Gasteiger partial charge in [0.2, 0.25) is 5.71 Å². The molecule has 5 aromatic rings. The predicted octanol–water partition coefficient (Wildman–Crippen LogP) is 4.85. The number of piperidine rings is 1. The fourth-order valence-electron chi connectivity index (χ4n) is 5.00. The maximum absolute atomic E-state index is 12.8. The van der Waals surface area contributed by atoms with Gasteiger partial charge in [-0.1, -0.05) is 18.2 Å². The topological polar surface area (TPSA) is 97.2 Å². The largest absolute Gasteiger partial charge is 0.490 e. The molecule has 8 heteroatoms. The number of fused-ring (bicyclic) bond motifs is 3. The second-order valence-corrected chi connectivity index (χ2v) is 9.90. The van der Waals surface area contributed by atoms with Crippen LogP contribution in [0.3, 0.4) is 0 Å². The molecule has 4 heterocycles. The highest BCUT2D eigenvalue weighted by Gasteiger charge is 2.17. The van der Waals surface area contributed by atoms with Gasteiger partial charge >= 0.3 is 0 Å². The molecular weight excluding hydrogens is 478 g/mol. The Morgan fingerprint density at radius 2 is 1.87 bits per heavy atom. The van der Waals surface area contributed by atoms with Crippen LogP contribution in [-0.2, 0) is 6.54 Å². The molecule has 0 bridgehead atoms. The lowest BCUT2D eigenvalue weighted by atomic mass is 9.98. The van der Waals surface area contributed by atoms with Gasteiger partial charge in [0.1, 0.15) is 5.58 Å². The Labute approximate surface area is 219 Å². The lowest BCUT2D eigenvalue weighted by molar-refractivity contribution is 0.159. The summed E-state index contributed by atoms with van der Waals surface area (Å²) in [6.45, 7) is 3.23. The maximum atomic E-state index is 12.8. The first kappa shape index (κ1) is 23.9. The Kier molecular flexibility index (Phi) is 6.36. The van der Waals surface area contributed by atoms with E-state index in [2.05, 4.69) is 28.0 Å². The molecule has 1 fully saturated rings. The SMILES string of the molecule is CN1CCC(COc2cnc(-c3cccc(Cn4c(=O)ccc5c6cc(C#N)ccc6oc54)c3)nc2)CC1. The number of hydrogen-bond acceptors (Lipinski definition) is 7. The third-order valence-electron chi connectivity index (χ3n) is 7.22. The smallest absolute Gasteiger partial charge is 0.253 e. The lowest BCUT2D eigenvalue weighted by Gasteiger charge is -2.28. The van der Waals surface area contributed by atoms with Gasteiger partial charge in [0, 0.05) is 22.4 Å². The molecule has 0 aliphatic carbocycles. The number of nitriles is 1. The molecule has 8 nitrogen and oxygen atoms in total. The predicted molar refractivity (Wildman–Crippen MR) is 145 cm³/mol. The second-order valence-electron chi connectivity index (χ2n) is 9.90. The quantitative estimate of drug-likeness (QED) is 0.326. The van der Waals surface area contributed by atoms with Crippen molar-refractivity contribution in [2.75, 3.05) is 26.7 Å². The number of nitrogens with zero attached hydrogens (tertiary/aromatic N) is 5. The summed E-state index contributed by atoms with van der Waals surface area (Å²) in [7, 11) is 2.16. The van der Waals surface area contributed by atoms with Crippen LogP contribution in [0.1, 0.15) is 24.0 Å². The molecule has 3 aromatic heterocycles. The number of ether oxygens (including phenoxy) is 1. The number of benzene rings is 2.